The molecule has 1 amide bonds. The van der Waals surface area contributed by atoms with Crippen LogP contribution >= 0.6 is 11.6 Å². The highest BCUT2D eigenvalue weighted by Crippen LogP contribution is 2.47. The summed E-state index contributed by atoms with van der Waals surface area (Å²) in [5.41, 5.74) is 0.990. The topological polar surface area (TPSA) is 83.3 Å². The third-order valence-electron chi connectivity index (χ3n) is 10.8. The second-order valence-corrected chi connectivity index (χ2v) is 13.9. The maximum absolute atomic E-state index is 14.3. The van der Waals surface area contributed by atoms with Crippen LogP contribution in [0.1, 0.15) is 81.8 Å². The number of piperidine rings is 1. The van der Waals surface area contributed by atoms with Crippen molar-refractivity contribution in [1.82, 2.24) is 25.0 Å². The Morgan fingerprint density at radius 1 is 0.977 bits per heavy atom. The third kappa shape index (κ3) is 7.19. The quantitative estimate of drug-likeness (QED) is 0.293. The summed E-state index contributed by atoms with van der Waals surface area (Å²) >= 11 is 6.17. The minimum absolute atomic E-state index is 0.107. The van der Waals surface area contributed by atoms with E-state index in [-0.39, 0.29) is 29.2 Å². The Labute approximate surface area is 265 Å². The lowest BCUT2D eigenvalue weighted by atomic mass is 9.63. The van der Waals surface area contributed by atoms with Gasteiger partial charge >= 0.3 is 0 Å². The van der Waals surface area contributed by atoms with Crippen molar-refractivity contribution >= 4 is 17.5 Å². The normalized spacial score (nSPS) is 25.1. The van der Waals surface area contributed by atoms with Crippen LogP contribution in [0, 0.1) is 17.2 Å². The Hall–Kier alpha value is -2.81. The number of carbonyl (C=O) groups is 1. The molecular weight excluding hydrogens is 577 g/mol. The monoisotopic (exact) mass is 621 g/mol. The summed E-state index contributed by atoms with van der Waals surface area (Å²) in [6.45, 7) is 2.36. The Morgan fingerprint density at radius 2 is 1.66 bits per heavy atom. The maximum Gasteiger partial charge on any atom is 0.240 e. The molecule has 0 bridgehead atoms. The van der Waals surface area contributed by atoms with Crippen molar-refractivity contribution in [2.24, 2.45) is 11.3 Å². The molecule has 2 aromatic carbocycles. The van der Waals surface area contributed by atoms with Gasteiger partial charge in [-0.15, -0.1) is 0 Å². The van der Waals surface area contributed by atoms with Crippen molar-refractivity contribution < 1.29 is 14.3 Å². The summed E-state index contributed by atoms with van der Waals surface area (Å²) < 4.78 is 15.5. The minimum atomic E-state index is -0.971. The van der Waals surface area contributed by atoms with Gasteiger partial charge in [-0.3, -0.25) is 9.48 Å². The number of amides is 1. The van der Waals surface area contributed by atoms with Crippen LogP contribution in [-0.4, -0.2) is 55.9 Å². The smallest absolute Gasteiger partial charge is 0.240 e. The number of hydrogen-bond donors (Lipinski definition) is 2. The number of benzene rings is 2. The van der Waals surface area contributed by atoms with Gasteiger partial charge in [-0.05, 0) is 105 Å². The first-order chi connectivity index (χ1) is 21.3. The van der Waals surface area contributed by atoms with E-state index in [1.165, 1.54) is 44.2 Å². The van der Waals surface area contributed by atoms with Gasteiger partial charge < -0.3 is 15.3 Å². The molecule has 3 aromatic rings. The van der Waals surface area contributed by atoms with Crippen molar-refractivity contribution in [1.29, 1.82) is 0 Å². The SMILES string of the molecule is O=C([C@@H](Cc1ccc(Cl)cc1)N[C@H]1CC[C@](O)(c2ccc(F)cc2)CC1)N1CCC(Cn2cncn2)(C2CCCCC2)CC1. The first-order valence-electron chi connectivity index (χ1n) is 16.4. The molecule has 6 rings (SSSR count). The van der Waals surface area contributed by atoms with Gasteiger partial charge in [0.1, 0.15) is 18.5 Å². The molecular formula is C35H45ClFN5O2. The highest BCUT2D eigenvalue weighted by atomic mass is 35.5. The number of carbonyl (C=O) groups excluding carboxylic acids is 1. The summed E-state index contributed by atoms with van der Waals surface area (Å²) in [6, 6.07) is 13.7. The predicted molar refractivity (Wildman–Crippen MR) is 169 cm³/mol. The van der Waals surface area contributed by atoms with Crippen LogP contribution in [0.5, 0.6) is 0 Å². The predicted octanol–water partition coefficient (Wildman–Crippen LogP) is 6.29. The number of hydrogen-bond acceptors (Lipinski definition) is 5. The molecule has 0 radical (unpaired) electrons. The van der Waals surface area contributed by atoms with Crippen LogP contribution in [0.3, 0.4) is 0 Å². The number of aromatic nitrogens is 3. The number of aliphatic hydroxyl groups is 1. The van der Waals surface area contributed by atoms with Crippen molar-refractivity contribution in [2.75, 3.05) is 13.1 Å². The van der Waals surface area contributed by atoms with Gasteiger partial charge in [0.05, 0.1) is 11.6 Å². The Balaban J connectivity index is 1.14. The van der Waals surface area contributed by atoms with Crippen LogP contribution in [0.4, 0.5) is 4.39 Å². The molecule has 0 spiro atoms. The molecule has 1 aromatic heterocycles. The average Bonchev–Trinajstić information content (AvgIpc) is 3.56. The van der Waals surface area contributed by atoms with E-state index in [1.807, 2.05) is 35.3 Å². The van der Waals surface area contributed by atoms with E-state index in [4.69, 9.17) is 11.6 Å². The van der Waals surface area contributed by atoms with Crippen LogP contribution in [-0.2, 0) is 23.4 Å². The van der Waals surface area contributed by atoms with Crippen molar-refractivity contribution in [3.05, 3.63) is 83.2 Å². The van der Waals surface area contributed by atoms with Gasteiger partial charge in [0.2, 0.25) is 5.91 Å². The van der Waals surface area contributed by atoms with Gasteiger partial charge in [0.25, 0.3) is 0 Å². The molecule has 1 saturated heterocycles. The number of likely N-dealkylation sites (tertiary alicyclic amines) is 1. The minimum Gasteiger partial charge on any atom is -0.385 e. The highest BCUT2D eigenvalue weighted by Gasteiger charge is 2.44. The van der Waals surface area contributed by atoms with Gasteiger partial charge in [0, 0.05) is 30.7 Å². The number of halogens is 2. The summed E-state index contributed by atoms with van der Waals surface area (Å²) in [7, 11) is 0. The van der Waals surface area contributed by atoms with E-state index < -0.39 is 5.60 Å². The Bertz CT molecular complexity index is 1340. The Morgan fingerprint density at radius 3 is 2.30 bits per heavy atom. The average molecular weight is 622 g/mol. The third-order valence-corrected chi connectivity index (χ3v) is 11.0. The van der Waals surface area contributed by atoms with Gasteiger partial charge in [-0.1, -0.05) is 55.1 Å². The molecule has 9 heteroatoms. The number of nitrogens with one attached hydrogen (secondary N) is 1. The summed E-state index contributed by atoms with van der Waals surface area (Å²) in [4.78, 5) is 20.5. The van der Waals surface area contributed by atoms with Crippen LogP contribution < -0.4 is 5.32 Å². The largest absolute Gasteiger partial charge is 0.385 e. The summed E-state index contributed by atoms with van der Waals surface area (Å²) in [5.74, 6) is 0.503. The number of nitrogens with zero attached hydrogens (tertiary/aromatic N) is 4. The zero-order chi connectivity index (χ0) is 30.6. The van der Waals surface area contributed by atoms with Gasteiger partial charge in [-0.25, -0.2) is 9.37 Å². The van der Waals surface area contributed by atoms with E-state index in [1.54, 1.807) is 18.5 Å². The van der Waals surface area contributed by atoms with Crippen molar-refractivity contribution in [3.63, 3.8) is 0 Å². The molecule has 7 nitrogen and oxygen atoms in total. The fourth-order valence-corrected chi connectivity index (χ4v) is 8.24. The Kier molecular flexibility index (Phi) is 9.69. The zero-order valence-corrected chi connectivity index (χ0v) is 26.3. The summed E-state index contributed by atoms with van der Waals surface area (Å²) in [6.07, 6.45) is 15.0. The fourth-order valence-electron chi connectivity index (χ4n) is 8.11. The molecule has 3 aliphatic rings. The molecule has 1 atom stereocenters. The lowest BCUT2D eigenvalue weighted by molar-refractivity contribution is -0.137. The van der Waals surface area contributed by atoms with E-state index in [0.717, 1.165) is 56.4 Å². The first kappa shape index (κ1) is 31.2. The second kappa shape index (κ2) is 13.7. The standard InChI is InChI=1S/C35H45ClFN5O2/c36-29-10-6-26(7-11-29)22-32(40-31-14-16-35(44,17-15-31)28-8-12-30(37)13-9-28)33(43)41-20-18-34(19-21-41,23-42-25-38-24-39-42)27-4-2-1-3-5-27/h6-13,24-25,27,31-32,40,44H,1-5,14-23H2/t31-,32-,35+/m1/s1. The van der Waals surface area contributed by atoms with Crippen molar-refractivity contribution in [2.45, 2.75) is 101 Å². The lowest BCUT2D eigenvalue weighted by Gasteiger charge is -2.48. The zero-order valence-electron chi connectivity index (χ0n) is 25.5. The van der Waals surface area contributed by atoms with Gasteiger partial charge in [0.15, 0.2) is 0 Å². The first-order valence-corrected chi connectivity index (χ1v) is 16.8. The fraction of sp³-hybridized carbons (Fsp3) is 0.571. The molecule has 2 saturated carbocycles. The highest BCUT2D eigenvalue weighted by molar-refractivity contribution is 6.30. The van der Waals surface area contributed by atoms with E-state index >= 15 is 0 Å². The van der Waals surface area contributed by atoms with E-state index in [9.17, 15) is 14.3 Å². The summed E-state index contributed by atoms with van der Waals surface area (Å²) in [5, 5.41) is 20.2. The molecule has 0 unspecified atom stereocenters. The van der Waals surface area contributed by atoms with Crippen molar-refractivity contribution in [3.8, 4) is 0 Å². The second-order valence-electron chi connectivity index (χ2n) is 13.5. The van der Waals surface area contributed by atoms with E-state index in [2.05, 4.69) is 20.3 Å². The van der Waals surface area contributed by atoms with Crippen LogP contribution in [0.2, 0.25) is 5.02 Å². The maximum atomic E-state index is 14.3. The molecule has 2 N–H and O–H groups in total. The molecule has 2 aliphatic carbocycles. The molecule has 236 valence electrons. The van der Waals surface area contributed by atoms with Gasteiger partial charge in [-0.2, -0.15) is 5.10 Å². The van der Waals surface area contributed by atoms with E-state index in [0.29, 0.717) is 30.2 Å². The molecule has 3 fully saturated rings. The number of rotatable bonds is 9. The molecule has 44 heavy (non-hydrogen) atoms. The van der Waals surface area contributed by atoms with Crippen LogP contribution in [0.15, 0.2) is 61.2 Å². The lowest BCUT2D eigenvalue weighted by Crippen LogP contribution is -2.56. The van der Waals surface area contributed by atoms with Crippen LogP contribution in [0.25, 0.3) is 0 Å². The molecule has 1 aliphatic heterocycles. The molecule has 2 heterocycles.